The molecule has 1 fully saturated rings. The molecule has 0 bridgehead atoms. The maximum absolute atomic E-state index is 12.8. The summed E-state index contributed by atoms with van der Waals surface area (Å²) in [7, 11) is 1.69. The number of halogens is 3. The van der Waals surface area contributed by atoms with Crippen LogP contribution in [0.1, 0.15) is 36.4 Å². The largest absolute Gasteiger partial charge is 0.416 e. The highest BCUT2D eigenvalue weighted by Crippen LogP contribution is 2.40. The average Bonchev–Trinajstić information content (AvgIpc) is 3.08. The molecule has 1 saturated carbocycles. The number of aromatic nitrogens is 1. The van der Waals surface area contributed by atoms with Gasteiger partial charge in [0.15, 0.2) is 0 Å². The van der Waals surface area contributed by atoms with Crippen LogP contribution in [0.25, 0.3) is 0 Å². The molecule has 2 nitrogen and oxygen atoms in total. The molecule has 0 saturated heterocycles. The number of rotatable bonds is 4. The molecule has 1 aliphatic rings. The Morgan fingerprint density at radius 2 is 2.18 bits per heavy atom. The number of hydrogen-bond acceptors (Lipinski definition) is 2. The zero-order valence-corrected chi connectivity index (χ0v) is 9.59. The lowest BCUT2D eigenvalue weighted by atomic mass is 9.98. The predicted octanol–water partition coefficient (Wildman–Crippen LogP) is 3.16. The van der Waals surface area contributed by atoms with Crippen molar-refractivity contribution in [3.8, 4) is 0 Å². The van der Waals surface area contributed by atoms with E-state index in [1.807, 2.05) is 0 Å². The van der Waals surface area contributed by atoms with Gasteiger partial charge in [-0.1, -0.05) is 12.8 Å². The Kier molecular flexibility index (Phi) is 3.38. The van der Waals surface area contributed by atoms with E-state index in [1.54, 1.807) is 7.05 Å². The number of nitrogens with one attached hydrogen (secondary N) is 1. The fourth-order valence-corrected chi connectivity index (χ4v) is 2.03. The lowest BCUT2D eigenvalue weighted by molar-refractivity contribution is -0.138. The number of alkyl halides is 3. The van der Waals surface area contributed by atoms with Crippen LogP contribution in [0, 0.1) is 5.92 Å². The molecule has 0 aromatic carbocycles. The molecule has 2 rings (SSSR count). The molecule has 17 heavy (non-hydrogen) atoms. The summed E-state index contributed by atoms with van der Waals surface area (Å²) in [6.07, 6.45) is 1.21. The third-order valence-corrected chi connectivity index (χ3v) is 3.15. The van der Waals surface area contributed by atoms with Crippen LogP contribution in [0.15, 0.2) is 18.5 Å². The van der Waals surface area contributed by atoms with Crippen LogP contribution in [-0.2, 0) is 6.18 Å². The third kappa shape index (κ3) is 2.97. The molecule has 1 heterocycles. The van der Waals surface area contributed by atoms with Crippen molar-refractivity contribution >= 4 is 0 Å². The van der Waals surface area contributed by atoms with Crippen LogP contribution >= 0.6 is 0 Å². The van der Waals surface area contributed by atoms with Crippen molar-refractivity contribution in [3.63, 3.8) is 0 Å². The third-order valence-electron chi connectivity index (χ3n) is 3.15. The molecule has 0 spiro atoms. The Bertz CT molecular complexity index is 386. The van der Waals surface area contributed by atoms with E-state index in [4.69, 9.17) is 0 Å². The van der Waals surface area contributed by atoms with Gasteiger partial charge in [0, 0.05) is 18.4 Å². The number of pyridine rings is 1. The van der Waals surface area contributed by atoms with Crippen LogP contribution in [0.2, 0.25) is 0 Å². The molecule has 1 unspecified atom stereocenters. The first-order valence-corrected chi connectivity index (χ1v) is 5.70. The quantitative estimate of drug-likeness (QED) is 0.880. The minimum atomic E-state index is -4.31. The number of nitrogens with zero attached hydrogens (tertiary/aromatic N) is 1. The summed E-state index contributed by atoms with van der Waals surface area (Å²) in [6.45, 7) is 0. The highest BCUT2D eigenvalue weighted by molar-refractivity contribution is 5.29. The lowest BCUT2D eigenvalue weighted by Crippen LogP contribution is -2.21. The van der Waals surface area contributed by atoms with Crippen molar-refractivity contribution in [1.29, 1.82) is 0 Å². The summed E-state index contributed by atoms with van der Waals surface area (Å²) < 4.78 is 38.5. The second-order valence-corrected chi connectivity index (χ2v) is 4.48. The molecular formula is C12H15F3N2. The first-order valence-electron chi connectivity index (χ1n) is 5.70. The van der Waals surface area contributed by atoms with Crippen LogP contribution in [0.3, 0.4) is 0 Å². The van der Waals surface area contributed by atoms with Gasteiger partial charge in [-0.2, -0.15) is 13.2 Å². The van der Waals surface area contributed by atoms with E-state index in [0.29, 0.717) is 5.92 Å². The molecule has 0 amide bonds. The topological polar surface area (TPSA) is 24.9 Å². The van der Waals surface area contributed by atoms with Crippen molar-refractivity contribution in [1.82, 2.24) is 10.3 Å². The molecule has 1 aliphatic carbocycles. The standard InChI is InChI=1S/C12H15F3N2/c1-16-11(6-8-2-3-8)9-7-17-5-4-10(9)12(13,14)15/h4-5,7-8,11,16H,2-3,6H2,1H3. The van der Waals surface area contributed by atoms with E-state index in [1.165, 1.54) is 12.4 Å². The molecule has 1 aromatic rings. The molecule has 1 N–H and O–H groups in total. The van der Waals surface area contributed by atoms with Gasteiger partial charge in [0.05, 0.1) is 5.56 Å². The summed E-state index contributed by atoms with van der Waals surface area (Å²) in [5, 5.41) is 2.96. The summed E-state index contributed by atoms with van der Waals surface area (Å²) in [4.78, 5) is 3.82. The first-order chi connectivity index (χ1) is 8.02. The van der Waals surface area contributed by atoms with Crippen LogP contribution < -0.4 is 5.32 Å². The van der Waals surface area contributed by atoms with E-state index in [0.717, 1.165) is 25.3 Å². The van der Waals surface area contributed by atoms with Gasteiger partial charge in [-0.15, -0.1) is 0 Å². The smallest absolute Gasteiger partial charge is 0.313 e. The van der Waals surface area contributed by atoms with E-state index < -0.39 is 11.7 Å². The second-order valence-electron chi connectivity index (χ2n) is 4.48. The fraction of sp³-hybridized carbons (Fsp3) is 0.583. The summed E-state index contributed by atoms with van der Waals surface area (Å²) in [5.74, 6) is 0.564. The van der Waals surface area contributed by atoms with Crippen molar-refractivity contribution in [2.75, 3.05) is 7.05 Å². The van der Waals surface area contributed by atoms with E-state index in [2.05, 4.69) is 10.3 Å². The SMILES string of the molecule is CNC(CC1CC1)c1cnccc1C(F)(F)F. The Morgan fingerprint density at radius 1 is 1.47 bits per heavy atom. The van der Waals surface area contributed by atoms with Gasteiger partial charge < -0.3 is 5.32 Å². The molecule has 0 radical (unpaired) electrons. The minimum Gasteiger partial charge on any atom is -0.313 e. The van der Waals surface area contributed by atoms with E-state index in [9.17, 15) is 13.2 Å². The van der Waals surface area contributed by atoms with Crippen LogP contribution in [0.5, 0.6) is 0 Å². The highest BCUT2D eigenvalue weighted by Gasteiger charge is 2.36. The predicted molar refractivity (Wildman–Crippen MR) is 58.4 cm³/mol. The van der Waals surface area contributed by atoms with Gasteiger partial charge in [-0.3, -0.25) is 4.98 Å². The fourth-order valence-electron chi connectivity index (χ4n) is 2.03. The van der Waals surface area contributed by atoms with Gasteiger partial charge in [0.25, 0.3) is 0 Å². The highest BCUT2D eigenvalue weighted by atomic mass is 19.4. The normalized spacial score (nSPS) is 18.1. The van der Waals surface area contributed by atoms with Gasteiger partial charge in [-0.25, -0.2) is 0 Å². The van der Waals surface area contributed by atoms with Gasteiger partial charge in [0.1, 0.15) is 0 Å². The molecule has 1 aromatic heterocycles. The second kappa shape index (κ2) is 4.64. The van der Waals surface area contributed by atoms with Crippen molar-refractivity contribution in [2.24, 2.45) is 5.92 Å². The van der Waals surface area contributed by atoms with Crippen molar-refractivity contribution < 1.29 is 13.2 Å². The van der Waals surface area contributed by atoms with Crippen molar-refractivity contribution in [2.45, 2.75) is 31.5 Å². The zero-order chi connectivity index (χ0) is 12.5. The monoisotopic (exact) mass is 244 g/mol. The minimum absolute atomic E-state index is 0.257. The Balaban J connectivity index is 2.28. The van der Waals surface area contributed by atoms with Crippen LogP contribution in [0.4, 0.5) is 13.2 Å². The van der Waals surface area contributed by atoms with Gasteiger partial charge in [0.2, 0.25) is 0 Å². The summed E-state index contributed by atoms with van der Waals surface area (Å²) >= 11 is 0. The Labute approximate surface area is 98.2 Å². The molecule has 5 heteroatoms. The zero-order valence-electron chi connectivity index (χ0n) is 9.59. The van der Waals surface area contributed by atoms with Crippen molar-refractivity contribution in [3.05, 3.63) is 29.6 Å². The Hall–Kier alpha value is -1.10. The molecule has 1 atom stereocenters. The van der Waals surface area contributed by atoms with E-state index >= 15 is 0 Å². The summed E-state index contributed by atoms with van der Waals surface area (Å²) in [6, 6.07) is 0.792. The molecular weight excluding hydrogens is 229 g/mol. The first kappa shape index (κ1) is 12.4. The molecule has 0 aliphatic heterocycles. The molecule has 94 valence electrons. The summed E-state index contributed by atoms with van der Waals surface area (Å²) in [5.41, 5.74) is -0.318. The van der Waals surface area contributed by atoms with Gasteiger partial charge >= 0.3 is 6.18 Å². The van der Waals surface area contributed by atoms with Crippen LogP contribution in [-0.4, -0.2) is 12.0 Å². The lowest BCUT2D eigenvalue weighted by Gasteiger charge is -2.20. The average molecular weight is 244 g/mol. The Morgan fingerprint density at radius 3 is 2.71 bits per heavy atom. The maximum atomic E-state index is 12.8. The number of hydrogen-bond donors (Lipinski definition) is 1. The maximum Gasteiger partial charge on any atom is 0.416 e. The van der Waals surface area contributed by atoms with E-state index in [-0.39, 0.29) is 11.6 Å². The van der Waals surface area contributed by atoms with Gasteiger partial charge in [-0.05, 0) is 31.0 Å².